The topological polar surface area (TPSA) is 68.2 Å². The maximum absolute atomic E-state index is 9.86. The van der Waals surface area contributed by atoms with E-state index in [0.717, 1.165) is 22.4 Å². The van der Waals surface area contributed by atoms with E-state index in [-0.39, 0.29) is 26.4 Å². The van der Waals surface area contributed by atoms with Crippen molar-refractivity contribution in [3.8, 4) is 23.8 Å². The van der Waals surface area contributed by atoms with E-state index < -0.39 is 12.2 Å². The summed E-state index contributed by atoms with van der Waals surface area (Å²) in [6, 6.07) is 15.7. The molecule has 5 heteroatoms. The van der Waals surface area contributed by atoms with Crippen LogP contribution in [0.5, 0.6) is 11.5 Å². The van der Waals surface area contributed by atoms with Crippen LogP contribution in [-0.2, 0) is 4.74 Å². The molecule has 0 heterocycles. The molecule has 2 rings (SSSR count). The molecule has 0 aliphatic heterocycles. The number of terminal acetylenes is 1. The van der Waals surface area contributed by atoms with Gasteiger partial charge in [-0.05, 0) is 61.2 Å². The lowest BCUT2D eigenvalue weighted by Crippen LogP contribution is -2.23. The lowest BCUT2D eigenvalue weighted by Gasteiger charge is -2.15. The Labute approximate surface area is 185 Å². The average molecular weight is 425 g/mol. The van der Waals surface area contributed by atoms with Gasteiger partial charge in [0, 0.05) is 0 Å². The van der Waals surface area contributed by atoms with Crippen molar-refractivity contribution in [2.45, 2.75) is 39.4 Å². The van der Waals surface area contributed by atoms with Crippen molar-refractivity contribution in [3.05, 3.63) is 65.2 Å². The molecule has 2 aromatic carbocycles. The lowest BCUT2D eigenvalue weighted by atomic mass is 9.94. The fourth-order valence-corrected chi connectivity index (χ4v) is 2.98. The highest BCUT2D eigenvalue weighted by atomic mass is 16.5. The molecule has 0 aromatic heterocycles. The molecule has 2 N–H and O–H groups in total. The molecule has 31 heavy (non-hydrogen) atoms. The van der Waals surface area contributed by atoms with Gasteiger partial charge in [-0.25, -0.2) is 0 Å². The van der Waals surface area contributed by atoms with E-state index in [1.165, 1.54) is 5.57 Å². The van der Waals surface area contributed by atoms with Gasteiger partial charge in [0.25, 0.3) is 0 Å². The molecule has 2 unspecified atom stereocenters. The van der Waals surface area contributed by atoms with Crippen LogP contribution in [0.25, 0.3) is 5.57 Å². The van der Waals surface area contributed by atoms with E-state index in [9.17, 15) is 10.2 Å². The molecule has 2 atom stereocenters. The van der Waals surface area contributed by atoms with Gasteiger partial charge in [0.1, 0.15) is 37.4 Å². The third kappa shape index (κ3) is 8.10. The standard InChI is InChI=1S/C26H32O5/c1-5-15-29-16-23(28)18-31-25-13-9-21(10-14-25)26(19(3)4)20-7-11-24(12-8-20)30-17-22(27)6-2/h1,7-14,22-23,27-28H,6,15-18H2,2-4H3. The van der Waals surface area contributed by atoms with Crippen molar-refractivity contribution < 1.29 is 24.4 Å². The predicted molar refractivity (Wildman–Crippen MR) is 123 cm³/mol. The average Bonchev–Trinajstić information content (AvgIpc) is 2.78. The van der Waals surface area contributed by atoms with Crippen molar-refractivity contribution >= 4 is 5.57 Å². The van der Waals surface area contributed by atoms with Crippen LogP contribution >= 0.6 is 0 Å². The van der Waals surface area contributed by atoms with Gasteiger partial charge in [-0.3, -0.25) is 0 Å². The Kier molecular flexibility index (Phi) is 10.1. The maximum atomic E-state index is 9.86. The van der Waals surface area contributed by atoms with Crippen molar-refractivity contribution in [1.82, 2.24) is 0 Å². The first-order chi connectivity index (χ1) is 14.9. The molecule has 0 spiro atoms. The van der Waals surface area contributed by atoms with Crippen LogP contribution in [0.15, 0.2) is 54.1 Å². The predicted octanol–water partition coefficient (Wildman–Crippen LogP) is 4.07. The summed E-state index contributed by atoms with van der Waals surface area (Å²) in [4.78, 5) is 0. The second-order valence-electron chi connectivity index (χ2n) is 7.48. The molecule has 0 aliphatic carbocycles. The summed E-state index contributed by atoms with van der Waals surface area (Å²) < 4.78 is 16.4. The van der Waals surface area contributed by atoms with Crippen molar-refractivity contribution in [1.29, 1.82) is 0 Å². The molecule has 0 fully saturated rings. The van der Waals surface area contributed by atoms with Crippen LogP contribution in [0.4, 0.5) is 0 Å². The van der Waals surface area contributed by atoms with Gasteiger partial charge in [-0.2, -0.15) is 0 Å². The Morgan fingerprint density at radius 1 is 0.839 bits per heavy atom. The van der Waals surface area contributed by atoms with Gasteiger partial charge in [-0.1, -0.05) is 42.7 Å². The normalized spacial score (nSPS) is 12.5. The zero-order chi connectivity index (χ0) is 22.6. The molecule has 0 amide bonds. The number of hydrogen-bond donors (Lipinski definition) is 2. The minimum atomic E-state index is -0.736. The van der Waals surface area contributed by atoms with Gasteiger partial charge < -0.3 is 24.4 Å². The second-order valence-corrected chi connectivity index (χ2v) is 7.48. The van der Waals surface area contributed by atoms with E-state index in [1.807, 2.05) is 55.5 Å². The van der Waals surface area contributed by atoms with E-state index in [4.69, 9.17) is 20.6 Å². The molecule has 0 saturated carbocycles. The van der Waals surface area contributed by atoms with Crippen LogP contribution in [0.2, 0.25) is 0 Å². The Balaban J connectivity index is 2.02. The maximum Gasteiger partial charge on any atom is 0.119 e. The summed E-state index contributed by atoms with van der Waals surface area (Å²) in [5.74, 6) is 3.76. The Morgan fingerprint density at radius 2 is 1.32 bits per heavy atom. The van der Waals surface area contributed by atoms with Crippen LogP contribution in [-0.4, -0.2) is 48.8 Å². The molecular formula is C26H32O5. The highest BCUT2D eigenvalue weighted by molar-refractivity contribution is 5.82. The van der Waals surface area contributed by atoms with Gasteiger partial charge >= 0.3 is 0 Å². The molecule has 5 nitrogen and oxygen atoms in total. The second kappa shape index (κ2) is 12.8. The number of aliphatic hydroxyl groups is 2. The first kappa shape index (κ1) is 24.5. The van der Waals surface area contributed by atoms with E-state index in [0.29, 0.717) is 12.2 Å². The van der Waals surface area contributed by atoms with Gasteiger partial charge in [-0.15, -0.1) is 6.42 Å². The van der Waals surface area contributed by atoms with Crippen molar-refractivity contribution in [3.63, 3.8) is 0 Å². The number of hydrogen-bond acceptors (Lipinski definition) is 5. The fourth-order valence-electron chi connectivity index (χ4n) is 2.98. The zero-order valence-corrected chi connectivity index (χ0v) is 18.5. The van der Waals surface area contributed by atoms with Crippen LogP contribution in [0.1, 0.15) is 38.3 Å². The Hall–Kier alpha value is -2.78. The number of allylic oxidation sites excluding steroid dienone is 1. The molecule has 0 saturated heterocycles. The van der Waals surface area contributed by atoms with Gasteiger partial charge in [0.15, 0.2) is 0 Å². The van der Waals surface area contributed by atoms with Crippen molar-refractivity contribution in [2.24, 2.45) is 0 Å². The molecular weight excluding hydrogens is 392 g/mol. The largest absolute Gasteiger partial charge is 0.491 e. The Morgan fingerprint density at radius 3 is 1.74 bits per heavy atom. The first-order valence-corrected chi connectivity index (χ1v) is 10.5. The van der Waals surface area contributed by atoms with E-state index >= 15 is 0 Å². The lowest BCUT2D eigenvalue weighted by molar-refractivity contribution is 0.0229. The summed E-state index contributed by atoms with van der Waals surface area (Å²) in [5.41, 5.74) is 4.47. The zero-order valence-electron chi connectivity index (χ0n) is 18.5. The minimum absolute atomic E-state index is 0.133. The quantitative estimate of drug-likeness (QED) is 0.397. The molecule has 2 aromatic rings. The first-order valence-electron chi connectivity index (χ1n) is 10.5. The summed E-state index contributed by atoms with van der Waals surface area (Å²) in [6.45, 7) is 6.81. The van der Waals surface area contributed by atoms with E-state index in [1.54, 1.807) is 0 Å². The van der Waals surface area contributed by atoms with Gasteiger partial charge in [0.05, 0.1) is 12.7 Å². The molecule has 0 aliphatic rings. The number of aliphatic hydroxyl groups excluding tert-OH is 2. The highest BCUT2D eigenvalue weighted by Crippen LogP contribution is 2.29. The fraction of sp³-hybridized carbons (Fsp3) is 0.385. The highest BCUT2D eigenvalue weighted by Gasteiger charge is 2.10. The summed E-state index contributed by atoms with van der Waals surface area (Å²) in [5, 5.41) is 19.5. The number of rotatable bonds is 12. The molecule has 0 radical (unpaired) electrons. The van der Waals surface area contributed by atoms with E-state index in [2.05, 4.69) is 19.8 Å². The number of benzene rings is 2. The minimum Gasteiger partial charge on any atom is -0.491 e. The summed E-state index contributed by atoms with van der Waals surface area (Å²) in [7, 11) is 0. The Bertz CT molecular complexity index is 858. The van der Waals surface area contributed by atoms with Crippen LogP contribution < -0.4 is 9.47 Å². The monoisotopic (exact) mass is 424 g/mol. The number of ether oxygens (including phenoxy) is 3. The van der Waals surface area contributed by atoms with Crippen LogP contribution in [0.3, 0.4) is 0 Å². The van der Waals surface area contributed by atoms with Crippen LogP contribution in [0, 0.1) is 12.3 Å². The molecule has 166 valence electrons. The third-order valence-electron chi connectivity index (χ3n) is 4.64. The smallest absolute Gasteiger partial charge is 0.119 e. The summed E-state index contributed by atoms with van der Waals surface area (Å²) in [6.07, 6.45) is 4.59. The third-order valence-corrected chi connectivity index (χ3v) is 4.64. The van der Waals surface area contributed by atoms with Crippen molar-refractivity contribution in [2.75, 3.05) is 26.4 Å². The SMILES string of the molecule is C#CCOCC(O)COc1ccc(C(=C(C)C)c2ccc(OCC(O)CC)cc2)cc1. The molecule has 0 bridgehead atoms. The van der Waals surface area contributed by atoms with Gasteiger partial charge in [0.2, 0.25) is 0 Å². The summed E-state index contributed by atoms with van der Waals surface area (Å²) >= 11 is 0.